The van der Waals surface area contributed by atoms with Gasteiger partial charge in [0.25, 0.3) is 5.91 Å². The number of carbonyl (C=O) groups is 1. The molecule has 0 aromatic heterocycles. The zero-order valence-corrected chi connectivity index (χ0v) is 14.5. The molecule has 0 unspecified atom stereocenters. The number of rotatable bonds is 4. The number of hydrogen-bond donors (Lipinski definition) is 2. The topological polar surface area (TPSA) is 64.9 Å². The Bertz CT molecular complexity index is 533. The highest BCUT2D eigenvalue weighted by molar-refractivity contribution is 5.97. The first-order chi connectivity index (χ1) is 11.7. The summed E-state index contributed by atoms with van der Waals surface area (Å²) in [4.78, 5) is 12.4. The quantitative estimate of drug-likeness (QED) is 0.614. The van der Waals surface area contributed by atoms with E-state index < -0.39 is 0 Å². The zero-order chi connectivity index (χ0) is 16.6. The van der Waals surface area contributed by atoms with E-state index in [9.17, 15) is 10.1 Å². The minimum atomic E-state index is -0.193. The highest BCUT2D eigenvalue weighted by atomic mass is 16.1. The van der Waals surface area contributed by atoms with Gasteiger partial charge in [-0.2, -0.15) is 5.26 Å². The molecule has 130 valence electrons. The van der Waals surface area contributed by atoms with E-state index in [1.54, 1.807) is 6.20 Å². The maximum atomic E-state index is 12.4. The maximum Gasteiger partial charge on any atom is 0.263 e. The number of hydrogen-bond acceptors (Lipinski definition) is 3. The van der Waals surface area contributed by atoms with Crippen LogP contribution in [0, 0.1) is 29.1 Å². The van der Waals surface area contributed by atoms with Crippen molar-refractivity contribution in [3.63, 3.8) is 0 Å². The fourth-order valence-electron chi connectivity index (χ4n) is 6.17. The van der Waals surface area contributed by atoms with Crippen LogP contribution < -0.4 is 10.6 Å². The van der Waals surface area contributed by atoms with Crippen molar-refractivity contribution in [2.75, 3.05) is 0 Å². The first kappa shape index (κ1) is 16.0. The Morgan fingerprint density at radius 2 is 1.58 bits per heavy atom. The minimum absolute atomic E-state index is 0.155. The van der Waals surface area contributed by atoms with E-state index in [2.05, 4.69) is 16.7 Å². The number of amides is 1. The first-order valence-electron chi connectivity index (χ1n) is 9.85. The molecule has 0 atom stereocenters. The first-order valence-corrected chi connectivity index (χ1v) is 9.85. The summed E-state index contributed by atoms with van der Waals surface area (Å²) in [6.45, 7) is 0. The third-order valence-electron chi connectivity index (χ3n) is 6.87. The molecular formula is C20H29N3O. The van der Waals surface area contributed by atoms with Crippen LogP contribution in [0.25, 0.3) is 0 Å². The van der Waals surface area contributed by atoms with Gasteiger partial charge >= 0.3 is 0 Å². The monoisotopic (exact) mass is 327 g/mol. The van der Waals surface area contributed by atoms with Crippen LogP contribution in [0.15, 0.2) is 11.8 Å². The van der Waals surface area contributed by atoms with E-state index in [0.29, 0.717) is 0 Å². The van der Waals surface area contributed by atoms with E-state index in [-0.39, 0.29) is 23.1 Å². The van der Waals surface area contributed by atoms with Gasteiger partial charge in [-0.05, 0) is 69.1 Å². The Morgan fingerprint density at radius 3 is 2.12 bits per heavy atom. The van der Waals surface area contributed by atoms with Crippen LogP contribution in [-0.2, 0) is 4.79 Å². The van der Waals surface area contributed by atoms with Gasteiger partial charge in [-0.25, -0.2) is 0 Å². The molecule has 0 aromatic rings. The second-order valence-corrected chi connectivity index (χ2v) is 8.82. The molecule has 0 saturated heterocycles. The van der Waals surface area contributed by atoms with Gasteiger partial charge in [0, 0.05) is 17.8 Å². The van der Waals surface area contributed by atoms with Crippen LogP contribution in [-0.4, -0.2) is 17.5 Å². The van der Waals surface area contributed by atoms with Gasteiger partial charge in [-0.3, -0.25) is 4.79 Å². The predicted octanol–water partition coefficient (Wildman–Crippen LogP) is 3.40. The molecule has 0 aromatic carbocycles. The van der Waals surface area contributed by atoms with Gasteiger partial charge in [-0.1, -0.05) is 19.3 Å². The molecule has 0 spiro atoms. The molecule has 5 rings (SSSR count). The molecule has 4 nitrogen and oxygen atoms in total. The summed E-state index contributed by atoms with van der Waals surface area (Å²) in [6.07, 6.45) is 15.3. The lowest BCUT2D eigenvalue weighted by atomic mass is 9.53. The molecular weight excluding hydrogens is 298 g/mol. The van der Waals surface area contributed by atoms with Gasteiger partial charge < -0.3 is 10.6 Å². The molecule has 5 aliphatic carbocycles. The van der Waals surface area contributed by atoms with Crippen molar-refractivity contribution >= 4 is 5.91 Å². The van der Waals surface area contributed by atoms with Crippen LogP contribution in [0.2, 0.25) is 0 Å². The van der Waals surface area contributed by atoms with Crippen LogP contribution in [0.1, 0.15) is 70.6 Å². The summed E-state index contributed by atoms with van der Waals surface area (Å²) in [5.41, 5.74) is 0.401. The zero-order valence-electron chi connectivity index (χ0n) is 14.5. The summed E-state index contributed by atoms with van der Waals surface area (Å²) in [7, 11) is 0. The minimum Gasteiger partial charge on any atom is -0.384 e. The average Bonchev–Trinajstić information content (AvgIpc) is 2.55. The number of nitrogens with one attached hydrogen (secondary N) is 2. The number of carbonyl (C=O) groups excluding carboxylic acids is 1. The van der Waals surface area contributed by atoms with Crippen molar-refractivity contribution in [2.24, 2.45) is 17.8 Å². The van der Waals surface area contributed by atoms with Crippen molar-refractivity contribution in [3.05, 3.63) is 11.8 Å². The average molecular weight is 327 g/mol. The third-order valence-corrected chi connectivity index (χ3v) is 6.87. The van der Waals surface area contributed by atoms with Crippen molar-refractivity contribution in [1.29, 1.82) is 5.26 Å². The molecule has 5 fully saturated rings. The van der Waals surface area contributed by atoms with Crippen molar-refractivity contribution in [1.82, 2.24) is 10.6 Å². The Labute approximate surface area is 145 Å². The normalized spacial score (nSPS) is 38.6. The van der Waals surface area contributed by atoms with Crippen LogP contribution >= 0.6 is 0 Å². The van der Waals surface area contributed by atoms with E-state index in [1.165, 1.54) is 57.8 Å². The lowest BCUT2D eigenvalue weighted by molar-refractivity contribution is -0.118. The Morgan fingerprint density at radius 1 is 1.00 bits per heavy atom. The highest BCUT2D eigenvalue weighted by Crippen LogP contribution is 2.55. The van der Waals surface area contributed by atoms with Gasteiger partial charge in [0.2, 0.25) is 0 Å². The predicted molar refractivity (Wildman–Crippen MR) is 92.8 cm³/mol. The Kier molecular flexibility index (Phi) is 4.28. The summed E-state index contributed by atoms with van der Waals surface area (Å²) < 4.78 is 0. The molecule has 4 bridgehead atoms. The van der Waals surface area contributed by atoms with Gasteiger partial charge in [0.05, 0.1) is 0 Å². The molecule has 0 heterocycles. The highest BCUT2D eigenvalue weighted by Gasteiger charge is 2.50. The SMILES string of the molecule is N#C/C(=C/NC12CC3CC(CC(C3)C1)C2)C(=O)NC1CCCCC1. The third kappa shape index (κ3) is 3.18. The fourth-order valence-corrected chi connectivity index (χ4v) is 6.17. The van der Waals surface area contributed by atoms with E-state index in [1.807, 2.05) is 0 Å². The second kappa shape index (κ2) is 6.43. The number of nitrogens with zero attached hydrogens (tertiary/aromatic N) is 1. The van der Waals surface area contributed by atoms with E-state index in [0.717, 1.165) is 30.6 Å². The number of nitriles is 1. The summed E-state index contributed by atoms with van der Waals surface area (Å²) in [5, 5.41) is 16.0. The molecule has 0 aliphatic heterocycles. The van der Waals surface area contributed by atoms with Crippen molar-refractivity contribution < 1.29 is 4.79 Å². The Balaban J connectivity index is 1.40. The lowest BCUT2D eigenvalue weighted by Crippen LogP contribution is -2.57. The van der Waals surface area contributed by atoms with Crippen molar-refractivity contribution in [3.8, 4) is 6.07 Å². The fraction of sp³-hybridized carbons (Fsp3) is 0.800. The standard InChI is InChI=1S/C20H29N3O/c21-12-17(19(24)23-18-4-2-1-3-5-18)13-22-20-9-14-6-15(10-20)8-16(7-14)11-20/h13-16,18,22H,1-11H2,(H,23,24)/b17-13-. The lowest BCUT2D eigenvalue weighted by Gasteiger charge is -2.56. The molecule has 2 N–H and O–H groups in total. The van der Waals surface area contributed by atoms with Crippen LogP contribution in [0.4, 0.5) is 0 Å². The van der Waals surface area contributed by atoms with E-state index in [4.69, 9.17) is 0 Å². The molecule has 4 heteroatoms. The Hall–Kier alpha value is -1.50. The summed E-state index contributed by atoms with van der Waals surface area (Å²) in [5.74, 6) is 2.39. The molecule has 5 aliphatic rings. The largest absolute Gasteiger partial charge is 0.384 e. The molecule has 24 heavy (non-hydrogen) atoms. The van der Waals surface area contributed by atoms with Gasteiger partial charge in [-0.15, -0.1) is 0 Å². The smallest absolute Gasteiger partial charge is 0.263 e. The van der Waals surface area contributed by atoms with Crippen molar-refractivity contribution in [2.45, 2.75) is 82.2 Å². The van der Waals surface area contributed by atoms with Gasteiger partial charge in [0.15, 0.2) is 0 Å². The molecule has 0 radical (unpaired) electrons. The summed E-state index contributed by atoms with van der Waals surface area (Å²) >= 11 is 0. The van der Waals surface area contributed by atoms with E-state index >= 15 is 0 Å². The van der Waals surface area contributed by atoms with Crippen LogP contribution in [0.3, 0.4) is 0 Å². The van der Waals surface area contributed by atoms with Gasteiger partial charge in [0.1, 0.15) is 11.6 Å². The summed E-state index contributed by atoms with van der Waals surface area (Å²) in [6, 6.07) is 2.36. The second-order valence-electron chi connectivity index (χ2n) is 8.82. The van der Waals surface area contributed by atoms with Crippen LogP contribution in [0.5, 0.6) is 0 Å². The molecule has 5 saturated carbocycles. The molecule has 1 amide bonds. The maximum absolute atomic E-state index is 12.4.